The van der Waals surface area contributed by atoms with Crippen molar-refractivity contribution in [3.63, 3.8) is 0 Å². The Morgan fingerprint density at radius 3 is 2.55 bits per heavy atom. The van der Waals surface area contributed by atoms with E-state index < -0.39 is 12.0 Å². The minimum atomic E-state index is -1.01. The van der Waals surface area contributed by atoms with Crippen molar-refractivity contribution < 1.29 is 19.5 Å². The first-order valence-electron chi connectivity index (χ1n) is 7.46. The molecule has 1 aliphatic rings. The third kappa shape index (κ3) is 3.63. The van der Waals surface area contributed by atoms with Gasteiger partial charge in [-0.25, -0.2) is 4.79 Å². The Labute approximate surface area is 129 Å². The van der Waals surface area contributed by atoms with Crippen LogP contribution in [0.3, 0.4) is 0 Å². The van der Waals surface area contributed by atoms with E-state index in [-0.39, 0.29) is 17.4 Å². The highest BCUT2D eigenvalue weighted by molar-refractivity contribution is 5.98. The lowest BCUT2D eigenvalue weighted by Gasteiger charge is -2.23. The van der Waals surface area contributed by atoms with Crippen molar-refractivity contribution in [3.8, 4) is 0 Å². The molecule has 1 atom stereocenters. The van der Waals surface area contributed by atoms with E-state index in [1.165, 1.54) is 12.1 Å². The second-order valence-electron chi connectivity index (χ2n) is 5.37. The van der Waals surface area contributed by atoms with E-state index >= 15 is 0 Å². The second-order valence-corrected chi connectivity index (χ2v) is 5.37. The topological polar surface area (TPSA) is 86.7 Å². The van der Waals surface area contributed by atoms with Crippen molar-refractivity contribution in [2.24, 2.45) is 0 Å². The summed E-state index contributed by atoms with van der Waals surface area (Å²) in [5.74, 6) is -1.21. The SMILES string of the molecule is CCCC(=O)N1CCCC1C(=O)Nc1ccc(C(=O)O)cc1. The van der Waals surface area contributed by atoms with E-state index in [0.29, 0.717) is 25.1 Å². The van der Waals surface area contributed by atoms with Crippen LogP contribution in [0.15, 0.2) is 24.3 Å². The van der Waals surface area contributed by atoms with Crippen molar-refractivity contribution in [2.45, 2.75) is 38.6 Å². The number of amides is 2. The van der Waals surface area contributed by atoms with Gasteiger partial charge in [-0.05, 0) is 43.5 Å². The lowest BCUT2D eigenvalue weighted by atomic mass is 10.1. The standard InChI is InChI=1S/C16H20N2O4/c1-2-4-14(19)18-10-3-5-13(18)15(20)17-12-8-6-11(7-9-12)16(21)22/h6-9,13H,2-5,10H2,1H3,(H,17,20)(H,21,22). The van der Waals surface area contributed by atoms with Gasteiger partial charge >= 0.3 is 5.97 Å². The highest BCUT2D eigenvalue weighted by Gasteiger charge is 2.33. The number of benzene rings is 1. The Morgan fingerprint density at radius 1 is 1.27 bits per heavy atom. The van der Waals surface area contributed by atoms with E-state index in [1.54, 1.807) is 17.0 Å². The number of carboxylic acid groups (broad SMARTS) is 1. The van der Waals surface area contributed by atoms with Crippen LogP contribution in [-0.2, 0) is 9.59 Å². The molecule has 6 nitrogen and oxygen atoms in total. The van der Waals surface area contributed by atoms with Crippen LogP contribution in [0, 0.1) is 0 Å². The second kappa shape index (κ2) is 7.06. The quantitative estimate of drug-likeness (QED) is 0.872. The fourth-order valence-electron chi connectivity index (χ4n) is 2.62. The van der Waals surface area contributed by atoms with Gasteiger partial charge in [-0.15, -0.1) is 0 Å². The molecule has 1 heterocycles. The van der Waals surface area contributed by atoms with E-state index in [2.05, 4.69) is 5.32 Å². The van der Waals surface area contributed by atoms with Crippen LogP contribution in [0.25, 0.3) is 0 Å². The summed E-state index contributed by atoms with van der Waals surface area (Å²) in [7, 11) is 0. The summed E-state index contributed by atoms with van der Waals surface area (Å²) in [6.45, 7) is 2.56. The van der Waals surface area contributed by atoms with E-state index in [1.807, 2.05) is 6.92 Å². The Hall–Kier alpha value is -2.37. The number of aromatic carboxylic acids is 1. The summed E-state index contributed by atoms with van der Waals surface area (Å²) in [6, 6.07) is 5.54. The van der Waals surface area contributed by atoms with Gasteiger partial charge in [-0.1, -0.05) is 6.92 Å². The summed E-state index contributed by atoms with van der Waals surface area (Å²) in [5, 5.41) is 11.6. The number of carbonyl (C=O) groups is 3. The molecule has 2 amide bonds. The van der Waals surface area contributed by atoms with Gasteiger partial charge in [0.2, 0.25) is 11.8 Å². The summed E-state index contributed by atoms with van der Waals surface area (Å²) < 4.78 is 0. The van der Waals surface area contributed by atoms with Crippen LogP contribution in [0.1, 0.15) is 43.0 Å². The maximum absolute atomic E-state index is 12.3. The van der Waals surface area contributed by atoms with Gasteiger partial charge < -0.3 is 15.3 Å². The summed E-state index contributed by atoms with van der Waals surface area (Å²) in [5.41, 5.74) is 0.698. The monoisotopic (exact) mass is 304 g/mol. The first-order chi connectivity index (χ1) is 10.5. The zero-order chi connectivity index (χ0) is 16.1. The number of rotatable bonds is 5. The van der Waals surface area contributed by atoms with Gasteiger partial charge in [0.1, 0.15) is 6.04 Å². The van der Waals surface area contributed by atoms with Crippen LogP contribution in [0.2, 0.25) is 0 Å². The largest absolute Gasteiger partial charge is 0.478 e. The molecule has 0 saturated carbocycles. The van der Waals surface area contributed by atoms with Gasteiger partial charge in [0.15, 0.2) is 0 Å². The predicted octanol–water partition coefficient (Wildman–Crippen LogP) is 2.11. The summed E-state index contributed by atoms with van der Waals surface area (Å²) in [6.07, 6.45) is 2.71. The molecule has 1 unspecified atom stereocenters. The summed E-state index contributed by atoms with van der Waals surface area (Å²) in [4.78, 5) is 36.8. The Kier molecular flexibility index (Phi) is 5.14. The first-order valence-corrected chi connectivity index (χ1v) is 7.46. The fraction of sp³-hybridized carbons (Fsp3) is 0.438. The molecular weight excluding hydrogens is 284 g/mol. The number of nitrogens with zero attached hydrogens (tertiary/aromatic N) is 1. The van der Waals surface area contributed by atoms with Crippen molar-refractivity contribution in [1.29, 1.82) is 0 Å². The van der Waals surface area contributed by atoms with Crippen LogP contribution in [0.4, 0.5) is 5.69 Å². The van der Waals surface area contributed by atoms with Gasteiger partial charge in [-0.3, -0.25) is 9.59 Å². The number of likely N-dealkylation sites (tertiary alicyclic amines) is 1. The zero-order valence-corrected chi connectivity index (χ0v) is 12.5. The van der Waals surface area contributed by atoms with Gasteiger partial charge in [0.25, 0.3) is 0 Å². The van der Waals surface area contributed by atoms with Crippen molar-refractivity contribution >= 4 is 23.5 Å². The van der Waals surface area contributed by atoms with Gasteiger partial charge in [-0.2, -0.15) is 0 Å². The lowest BCUT2D eigenvalue weighted by molar-refractivity contribution is -0.136. The van der Waals surface area contributed by atoms with E-state index in [0.717, 1.165) is 12.8 Å². The molecule has 0 aromatic heterocycles. The number of nitrogens with one attached hydrogen (secondary N) is 1. The van der Waals surface area contributed by atoms with Crippen LogP contribution in [-0.4, -0.2) is 40.4 Å². The third-order valence-corrected chi connectivity index (χ3v) is 3.74. The van der Waals surface area contributed by atoms with Gasteiger partial charge in [0, 0.05) is 18.7 Å². The summed E-state index contributed by atoms with van der Waals surface area (Å²) >= 11 is 0. The predicted molar refractivity (Wildman–Crippen MR) is 81.7 cm³/mol. The van der Waals surface area contributed by atoms with Gasteiger partial charge in [0.05, 0.1) is 5.56 Å². The smallest absolute Gasteiger partial charge is 0.335 e. The van der Waals surface area contributed by atoms with E-state index in [9.17, 15) is 14.4 Å². The number of hydrogen-bond acceptors (Lipinski definition) is 3. The number of anilines is 1. The molecule has 1 aliphatic heterocycles. The molecule has 1 aromatic rings. The number of carbonyl (C=O) groups excluding carboxylic acids is 2. The molecule has 1 saturated heterocycles. The minimum absolute atomic E-state index is 0.0152. The molecule has 22 heavy (non-hydrogen) atoms. The minimum Gasteiger partial charge on any atom is -0.478 e. The third-order valence-electron chi connectivity index (χ3n) is 3.74. The maximum Gasteiger partial charge on any atom is 0.335 e. The average molecular weight is 304 g/mol. The highest BCUT2D eigenvalue weighted by atomic mass is 16.4. The Balaban J connectivity index is 2.01. The van der Waals surface area contributed by atoms with Crippen molar-refractivity contribution in [3.05, 3.63) is 29.8 Å². The molecular formula is C16H20N2O4. The molecule has 0 spiro atoms. The fourth-order valence-corrected chi connectivity index (χ4v) is 2.62. The molecule has 118 valence electrons. The highest BCUT2D eigenvalue weighted by Crippen LogP contribution is 2.20. The average Bonchev–Trinajstić information content (AvgIpc) is 2.97. The normalized spacial score (nSPS) is 17.3. The molecule has 1 fully saturated rings. The van der Waals surface area contributed by atoms with Crippen molar-refractivity contribution in [2.75, 3.05) is 11.9 Å². The first kappa shape index (κ1) is 16.0. The molecule has 2 N–H and O–H groups in total. The number of carboxylic acids is 1. The van der Waals surface area contributed by atoms with E-state index in [4.69, 9.17) is 5.11 Å². The number of hydrogen-bond donors (Lipinski definition) is 2. The molecule has 2 rings (SSSR count). The maximum atomic E-state index is 12.3. The van der Waals surface area contributed by atoms with Crippen LogP contribution < -0.4 is 5.32 Å². The molecule has 6 heteroatoms. The van der Waals surface area contributed by atoms with Crippen LogP contribution >= 0.6 is 0 Å². The molecule has 0 aliphatic carbocycles. The Morgan fingerprint density at radius 2 is 1.95 bits per heavy atom. The molecule has 0 bridgehead atoms. The molecule has 0 radical (unpaired) electrons. The van der Waals surface area contributed by atoms with Crippen LogP contribution in [0.5, 0.6) is 0 Å². The zero-order valence-electron chi connectivity index (χ0n) is 12.5. The lowest BCUT2D eigenvalue weighted by Crippen LogP contribution is -2.43. The van der Waals surface area contributed by atoms with Crippen molar-refractivity contribution in [1.82, 2.24) is 4.90 Å². The Bertz CT molecular complexity index is 568. The molecule has 1 aromatic carbocycles.